The van der Waals surface area contributed by atoms with Gasteiger partial charge in [0, 0.05) is 12.7 Å². The minimum absolute atomic E-state index is 0.0490. The number of nitrogens with zero attached hydrogens (tertiary/aromatic N) is 2. The largest absolute Gasteiger partial charge is 0.277 e. The maximum Gasteiger partial charge on any atom is 0.262 e. The standard InChI is InChI=1S/C14H12FN2O4P/c15-7-1-2-8-9(5-7)13(20)17(12(8)19)10-3-4-11(18)16(6-22)14(10)21/h1-2,5,10H,3-4,6,22H2. The Morgan fingerprint density at radius 3 is 2.50 bits per heavy atom. The monoisotopic (exact) mass is 322 g/mol. The van der Waals surface area contributed by atoms with Crippen LogP contribution >= 0.6 is 9.24 Å². The van der Waals surface area contributed by atoms with Gasteiger partial charge in [-0.3, -0.25) is 29.0 Å². The summed E-state index contributed by atoms with van der Waals surface area (Å²) in [5.41, 5.74) is 0.0284. The van der Waals surface area contributed by atoms with Crippen molar-refractivity contribution < 1.29 is 23.6 Å². The Hall–Kier alpha value is -2.14. The van der Waals surface area contributed by atoms with E-state index in [2.05, 4.69) is 9.24 Å². The lowest BCUT2D eigenvalue weighted by molar-refractivity contribution is -0.150. The molecule has 0 N–H and O–H groups in total. The summed E-state index contributed by atoms with van der Waals surface area (Å²) in [7, 11) is 2.27. The van der Waals surface area contributed by atoms with E-state index >= 15 is 0 Å². The topological polar surface area (TPSA) is 74.8 Å². The molecule has 0 spiro atoms. The second-order valence-electron chi connectivity index (χ2n) is 5.07. The summed E-state index contributed by atoms with van der Waals surface area (Å²) in [6.45, 7) is 0. The molecule has 2 aliphatic rings. The fourth-order valence-corrected chi connectivity index (χ4v) is 3.15. The van der Waals surface area contributed by atoms with Crippen LogP contribution in [0.1, 0.15) is 33.6 Å². The van der Waals surface area contributed by atoms with E-state index in [1.807, 2.05) is 0 Å². The molecule has 0 radical (unpaired) electrons. The predicted molar refractivity (Wildman–Crippen MR) is 76.4 cm³/mol. The summed E-state index contributed by atoms with van der Waals surface area (Å²) in [6.07, 6.45) is 0.269. The van der Waals surface area contributed by atoms with Crippen molar-refractivity contribution in [2.75, 3.05) is 6.29 Å². The van der Waals surface area contributed by atoms with Gasteiger partial charge >= 0.3 is 0 Å². The molecule has 0 aromatic heterocycles. The molecule has 2 unspecified atom stereocenters. The third kappa shape index (κ3) is 2.04. The second-order valence-corrected chi connectivity index (χ2v) is 5.43. The van der Waals surface area contributed by atoms with E-state index in [4.69, 9.17) is 0 Å². The first-order chi connectivity index (χ1) is 10.5. The zero-order valence-electron chi connectivity index (χ0n) is 11.4. The van der Waals surface area contributed by atoms with E-state index in [0.717, 1.165) is 21.9 Å². The number of piperidine rings is 1. The van der Waals surface area contributed by atoms with Crippen molar-refractivity contribution in [3.63, 3.8) is 0 Å². The van der Waals surface area contributed by atoms with E-state index in [-0.39, 0.29) is 36.2 Å². The third-order valence-corrected chi connectivity index (χ3v) is 4.22. The van der Waals surface area contributed by atoms with Crippen molar-refractivity contribution in [2.24, 2.45) is 0 Å². The van der Waals surface area contributed by atoms with Crippen LogP contribution in [0.15, 0.2) is 18.2 Å². The van der Waals surface area contributed by atoms with E-state index in [1.165, 1.54) is 6.07 Å². The summed E-state index contributed by atoms with van der Waals surface area (Å²) in [5, 5.41) is 0. The summed E-state index contributed by atoms with van der Waals surface area (Å²) < 4.78 is 13.3. The van der Waals surface area contributed by atoms with E-state index < -0.39 is 29.6 Å². The maximum atomic E-state index is 13.3. The Morgan fingerprint density at radius 2 is 1.82 bits per heavy atom. The normalized spacial score (nSPS) is 21.6. The third-order valence-electron chi connectivity index (χ3n) is 3.86. The SMILES string of the molecule is O=C1CCC(N2C(=O)c3ccc(F)cc3C2=O)C(=O)N1CP. The van der Waals surface area contributed by atoms with Gasteiger partial charge in [0.15, 0.2) is 0 Å². The molecule has 2 heterocycles. The van der Waals surface area contributed by atoms with Crippen LogP contribution in [0.4, 0.5) is 4.39 Å². The van der Waals surface area contributed by atoms with Gasteiger partial charge in [0.1, 0.15) is 11.9 Å². The van der Waals surface area contributed by atoms with Crippen molar-refractivity contribution in [1.29, 1.82) is 0 Å². The molecule has 1 aromatic rings. The maximum absolute atomic E-state index is 13.3. The first-order valence-corrected chi connectivity index (χ1v) is 7.49. The Bertz CT molecular complexity index is 721. The number of carbonyl (C=O) groups excluding carboxylic acids is 4. The van der Waals surface area contributed by atoms with E-state index in [9.17, 15) is 23.6 Å². The highest BCUT2D eigenvalue weighted by Crippen LogP contribution is 2.29. The van der Waals surface area contributed by atoms with Crippen molar-refractivity contribution in [3.05, 3.63) is 35.1 Å². The van der Waals surface area contributed by atoms with Gasteiger partial charge in [0.05, 0.1) is 11.1 Å². The Kier molecular flexibility index (Phi) is 3.53. The molecule has 0 bridgehead atoms. The summed E-state index contributed by atoms with van der Waals surface area (Å²) in [4.78, 5) is 50.6. The fourth-order valence-electron chi connectivity index (χ4n) is 2.77. The number of hydrogen-bond acceptors (Lipinski definition) is 4. The molecule has 1 aromatic carbocycles. The van der Waals surface area contributed by atoms with Crippen LogP contribution in [0.25, 0.3) is 0 Å². The quantitative estimate of drug-likeness (QED) is 0.595. The first-order valence-electron chi connectivity index (χ1n) is 6.67. The number of hydrogen-bond donors (Lipinski definition) is 0. The van der Waals surface area contributed by atoms with Crippen molar-refractivity contribution in [1.82, 2.24) is 9.80 Å². The highest BCUT2D eigenvalue weighted by atomic mass is 31.0. The highest BCUT2D eigenvalue weighted by Gasteiger charge is 2.46. The van der Waals surface area contributed by atoms with Crippen molar-refractivity contribution >= 4 is 32.9 Å². The fraction of sp³-hybridized carbons (Fsp3) is 0.286. The highest BCUT2D eigenvalue weighted by molar-refractivity contribution is 7.16. The first kappa shape index (κ1) is 14.8. The number of fused-ring (bicyclic) bond motifs is 1. The van der Waals surface area contributed by atoms with Gasteiger partial charge in [-0.15, -0.1) is 9.24 Å². The molecule has 22 heavy (non-hydrogen) atoms. The van der Waals surface area contributed by atoms with Gasteiger partial charge in [-0.1, -0.05) is 0 Å². The number of halogens is 1. The van der Waals surface area contributed by atoms with Crippen LogP contribution in [0, 0.1) is 5.82 Å². The van der Waals surface area contributed by atoms with Crippen LogP contribution in [-0.2, 0) is 9.59 Å². The molecule has 114 valence electrons. The molecule has 0 saturated carbocycles. The average molecular weight is 322 g/mol. The van der Waals surface area contributed by atoms with Crippen molar-refractivity contribution in [2.45, 2.75) is 18.9 Å². The van der Waals surface area contributed by atoms with Gasteiger partial charge in [0.25, 0.3) is 17.7 Å². The molecule has 1 fully saturated rings. The lowest BCUT2D eigenvalue weighted by atomic mass is 10.0. The molecule has 1 saturated heterocycles. The van der Waals surface area contributed by atoms with Crippen LogP contribution < -0.4 is 0 Å². The summed E-state index contributed by atoms with van der Waals surface area (Å²) in [6, 6.07) is 2.29. The molecular formula is C14H12FN2O4P. The molecular weight excluding hydrogens is 310 g/mol. The Balaban J connectivity index is 1.97. The van der Waals surface area contributed by atoms with Crippen LogP contribution in [0.5, 0.6) is 0 Å². The average Bonchev–Trinajstić information content (AvgIpc) is 2.72. The summed E-state index contributed by atoms with van der Waals surface area (Å²) >= 11 is 0. The van der Waals surface area contributed by atoms with E-state index in [1.54, 1.807) is 0 Å². The number of likely N-dealkylation sites (tertiary alicyclic amines) is 1. The van der Waals surface area contributed by atoms with Crippen LogP contribution in [-0.4, -0.2) is 45.8 Å². The molecule has 0 aliphatic carbocycles. The molecule has 2 aliphatic heterocycles. The molecule has 2 atom stereocenters. The number of carbonyl (C=O) groups is 4. The van der Waals surface area contributed by atoms with Crippen LogP contribution in [0.3, 0.4) is 0 Å². The van der Waals surface area contributed by atoms with E-state index in [0.29, 0.717) is 0 Å². The molecule has 6 nitrogen and oxygen atoms in total. The molecule has 3 rings (SSSR count). The second kappa shape index (κ2) is 5.25. The number of benzene rings is 1. The van der Waals surface area contributed by atoms with Gasteiger partial charge in [-0.25, -0.2) is 4.39 Å². The number of amides is 4. The lowest BCUT2D eigenvalue weighted by Crippen LogP contribution is -2.55. The van der Waals surface area contributed by atoms with Gasteiger partial charge < -0.3 is 0 Å². The Morgan fingerprint density at radius 1 is 1.14 bits per heavy atom. The zero-order valence-corrected chi connectivity index (χ0v) is 12.6. The predicted octanol–water partition coefficient (Wildman–Crippen LogP) is 0.772. The molecule has 4 amide bonds. The van der Waals surface area contributed by atoms with Crippen LogP contribution in [0.2, 0.25) is 0 Å². The summed E-state index contributed by atoms with van der Waals surface area (Å²) in [5.74, 6) is -2.87. The smallest absolute Gasteiger partial charge is 0.262 e. The number of rotatable bonds is 2. The minimum Gasteiger partial charge on any atom is -0.277 e. The zero-order chi connectivity index (χ0) is 16.0. The minimum atomic E-state index is -1.02. The lowest BCUT2D eigenvalue weighted by Gasteiger charge is -2.33. The van der Waals surface area contributed by atoms with Gasteiger partial charge in [0.2, 0.25) is 5.91 Å². The van der Waals surface area contributed by atoms with Crippen molar-refractivity contribution in [3.8, 4) is 0 Å². The Labute approximate surface area is 127 Å². The number of imide groups is 2. The molecule has 8 heteroatoms. The van der Waals surface area contributed by atoms with Gasteiger partial charge in [-0.2, -0.15) is 0 Å². The van der Waals surface area contributed by atoms with Gasteiger partial charge in [-0.05, 0) is 24.6 Å².